The molecular weight excluding hydrogens is 316 g/mol. The van der Waals surface area contributed by atoms with Crippen LogP contribution in [0.3, 0.4) is 0 Å². The molecule has 2 unspecified atom stereocenters. The maximum Gasteiger partial charge on any atom is 0.0825 e. The average Bonchev–Trinajstić information content (AvgIpc) is 2.72. The van der Waals surface area contributed by atoms with Gasteiger partial charge in [0.2, 0.25) is 0 Å². The van der Waals surface area contributed by atoms with Crippen LogP contribution >= 0.6 is 0 Å². The Hall–Kier alpha value is -1.60. The van der Waals surface area contributed by atoms with Gasteiger partial charge in [-0.3, -0.25) is 0 Å². The predicted molar refractivity (Wildman–Crippen MR) is 111 cm³/mol. The van der Waals surface area contributed by atoms with Crippen LogP contribution in [-0.2, 0) is 4.74 Å². The fourth-order valence-corrected chi connectivity index (χ4v) is 4.03. The van der Waals surface area contributed by atoms with Crippen LogP contribution in [0.2, 0.25) is 0 Å². The van der Waals surface area contributed by atoms with Gasteiger partial charge in [0.05, 0.1) is 12.7 Å². The van der Waals surface area contributed by atoms with Crippen LogP contribution in [0.15, 0.2) is 54.6 Å². The van der Waals surface area contributed by atoms with Gasteiger partial charge in [-0.05, 0) is 41.9 Å². The highest BCUT2D eigenvalue weighted by Crippen LogP contribution is 2.33. The number of hydrogen-bond donors (Lipinski definition) is 0. The monoisotopic (exact) mass is 350 g/mol. The molecule has 1 saturated heterocycles. The molecule has 1 nitrogen and oxygen atoms in total. The van der Waals surface area contributed by atoms with Crippen LogP contribution < -0.4 is 0 Å². The van der Waals surface area contributed by atoms with Gasteiger partial charge in [-0.25, -0.2) is 0 Å². The molecule has 2 aromatic carbocycles. The number of hydrogen-bond acceptors (Lipinski definition) is 1. The van der Waals surface area contributed by atoms with Crippen molar-refractivity contribution in [2.24, 2.45) is 5.92 Å². The molecule has 26 heavy (non-hydrogen) atoms. The summed E-state index contributed by atoms with van der Waals surface area (Å²) in [5.74, 6) is 0.779. The van der Waals surface area contributed by atoms with E-state index < -0.39 is 0 Å². The van der Waals surface area contributed by atoms with E-state index >= 15 is 0 Å². The molecular formula is C25H34O. The highest BCUT2D eigenvalue weighted by molar-refractivity contribution is 5.63. The van der Waals surface area contributed by atoms with Gasteiger partial charge in [-0.15, -0.1) is 0 Å². The second-order valence-corrected chi connectivity index (χ2v) is 7.81. The summed E-state index contributed by atoms with van der Waals surface area (Å²) in [6.07, 6.45) is 12.5. The molecule has 0 N–H and O–H groups in total. The molecule has 1 aliphatic rings. The summed E-state index contributed by atoms with van der Waals surface area (Å²) in [6, 6.07) is 19.6. The molecule has 1 heteroatoms. The van der Waals surface area contributed by atoms with Crippen LogP contribution in [-0.4, -0.2) is 6.61 Å². The summed E-state index contributed by atoms with van der Waals surface area (Å²) in [6.45, 7) is 3.23. The molecule has 3 rings (SSSR count). The first kappa shape index (κ1) is 19.2. The zero-order chi connectivity index (χ0) is 18.0. The normalized spacial score (nSPS) is 20.2. The van der Waals surface area contributed by atoms with Gasteiger partial charge in [-0.1, -0.05) is 100 Å². The average molecular weight is 351 g/mol. The third-order valence-electron chi connectivity index (χ3n) is 5.73. The fourth-order valence-electron chi connectivity index (χ4n) is 4.03. The van der Waals surface area contributed by atoms with Crippen LogP contribution in [0.25, 0.3) is 11.1 Å². The van der Waals surface area contributed by atoms with E-state index in [1.54, 1.807) is 0 Å². The molecule has 2 atom stereocenters. The van der Waals surface area contributed by atoms with Gasteiger partial charge in [0.15, 0.2) is 0 Å². The van der Waals surface area contributed by atoms with Crippen molar-refractivity contribution in [1.82, 2.24) is 0 Å². The zero-order valence-corrected chi connectivity index (χ0v) is 16.3. The second kappa shape index (κ2) is 10.5. The molecule has 1 fully saturated rings. The molecule has 0 amide bonds. The van der Waals surface area contributed by atoms with Crippen LogP contribution in [0.1, 0.15) is 76.4 Å². The predicted octanol–water partition coefficient (Wildman–Crippen LogP) is 7.57. The number of benzene rings is 2. The molecule has 2 aromatic rings. The molecule has 0 radical (unpaired) electrons. The van der Waals surface area contributed by atoms with Crippen LogP contribution in [0, 0.1) is 5.92 Å². The smallest absolute Gasteiger partial charge is 0.0825 e. The van der Waals surface area contributed by atoms with E-state index in [0.717, 1.165) is 12.5 Å². The highest BCUT2D eigenvalue weighted by atomic mass is 16.5. The third kappa shape index (κ3) is 5.71. The SMILES string of the molecule is CCCCCCCCC1CCC(c2ccc(-c3ccccc3)cc2)OC1. The van der Waals surface area contributed by atoms with Crippen molar-refractivity contribution in [3.8, 4) is 11.1 Å². The number of rotatable bonds is 9. The molecule has 140 valence electrons. The van der Waals surface area contributed by atoms with Crippen molar-refractivity contribution in [3.63, 3.8) is 0 Å². The van der Waals surface area contributed by atoms with Gasteiger partial charge in [-0.2, -0.15) is 0 Å². The standard InChI is InChI=1S/C25H34O/c1-2-3-4-5-6-8-11-21-14-19-25(26-20-21)24-17-15-23(16-18-24)22-12-9-7-10-13-22/h7,9-10,12-13,15-18,21,25H,2-6,8,11,14,19-20H2,1H3. The first-order chi connectivity index (χ1) is 12.9. The van der Waals surface area contributed by atoms with Crippen molar-refractivity contribution in [2.45, 2.75) is 70.8 Å². The minimum absolute atomic E-state index is 0.292. The lowest BCUT2D eigenvalue weighted by Gasteiger charge is -2.29. The van der Waals surface area contributed by atoms with Gasteiger partial charge in [0, 0.05) is 0 Å². The summed E-state index contributed by atoms with van der Waals surface area (Å²) in [5, 5.41) is 0. The molecule has 1 aliphatic heterocycles. The summed E-state index contributed by atoms with van der Waals surface area (Å²) in [5.41, 5.74) is 3.90. The van der Waals surface area contributed by atoms with Crippen LogP contribution in [0.5, 0.6) is 0 Å². The molecule has 0 bridgehead atoms. The van der Waals surface area contributed by atoms with E-state index in [0.29, 0.717) is 6.10 Å². The zero-order valence-electron chi connectivity index (χ0n) is 16.3. The van der Waals surface area contributed by atoms with Gasteiger partial charge in [0.1, 0.15) is 0 Å². The Balaban J connectivity index is 1.41. The lowest BCUT2D eigenvalue weighted by atomic mass is 9.90. The molecule has 0 aliphatic carbocycles. The van der Waals surface area contributed by atoms with E-state index in [1.165, 1.54) is 74.5 Å². The molecule has 0 aromatic heterocycles. The Morgan fingerprint density at radius 2 is 1.46 bits per heavy atom. The first-order valence-electron chi connectivity index (χ1n) is 10.6. The number of unbranched alkanes of at least 4 members (excludes halogenated alkanes) is 5. The van der Waals surface area contributed by atoms with Gasteiger partial charge < -0.3 is 4.74 Å². The lowest BCUT2D eigenvalue weighted by Crippen LogP contribution is -2.20. The Kier molecular flexibility index (Phi) is 7.76. The molecule has 0 saturated carbocycles. The molecule has 0 spiro atoms. The van der Waals surface area contributed by atoms with E-state index in [4.69, 9.17) is 4.74 Å². The highest BCUT2D eigenvalue weighted by Gasteiger charge is 2.22. The van der Waals surface area contributed by atoms with E-state index in [-0.39, 0.29) is 0 Å². The van der Waals surface area contributed by atoms with Crippen molar-refractivity contribution >= 4 is 0 Å². The van der Waals surface area contributed by atoms with Crippen LogP contribution in [0.4, 0.5) is 0 Å². The largest absolute Gasteiger partial charge is 0.373 e. The first-order valence-corrected chi connectivity index (χ1v) is 10.6. The topological polar surface area (TPSA) is 9.23 Å². The minimum Gasteiger partial charge on any atom is -0.373 e. The summed E-state index contributed by atoms with van der Waals surface area (Å²) in [7, 11) is 0. The van der Waals surface area contributed by atoms with E-state index in [1.807, 2.05) is 0 Å². The quantitative estimate of drug-likeness (QED) is 0.424. The Morgan fingerprint density at radius 3 is 2.15 bits per heavy atom. The summed E-state index contributed by atoms with van der Waals surface area (Å²) >= 11 is 0. The maximum absolute atomic E-state index is 6.22. The maximum atomic E-state index is 6.22. The van der Waals surface area contributed by atoms with E-state index in [9.17, 15) is 0 Å². The Bertz CT molecular complexity index is 608. The van der Waals surface area contributed by atoms with Gasteiger partial charge in [0.25, 0.3) is 0 Å². The lowest BCUT2D eigenvalue weighted by molar-refractivity contribution is -0.0199. The Morgan fingerprint density at radius 1 is 0.769 bits per heavy atom. The van der Waals surface area contributed by atoms with Gasteiger partial charge >= 0.3 is 0 Å². The fraction of sp³-hybridized carbons (Fsp3) is 0.520. The minimum atomic E-state index is 0.292. The van der Waals surface area contributed by atoms with Crippen molar-refractivity contribution in [3.05, 3.63) is 60.2 Å². The summed E-state index contributed by atoms with van der Waals surface area (Å²) in [4.78, 5) is 0. The molecule has 1 heterocycles. The Labute approximate surface area is 159 Å². The second-order valence-electron chi connectivity index (χ2n) is 7.81. The summed E-state index contributed by atoms with van der Waals surface area (Å²) < 4.78 is 6.22. The van der Waals surface area contributed by atoms with Crippen molar-refractivity contribution < 1.29 is 4.74 Å². The van der Waals surface area contributed by atoms with E-state index in [2.05, 4.69) is 61.5 Å². The van der Waals surface area contributed by atoms with Crippen molar-refractivity contribution in [2.75, 3.05) is 6.61 Å². The number of ether oxygens (including phenoxy) is 1. The van der Waals surface area contributed by atoms with Crippen molar-refractivity contribution in [1.29, 1.82) is 0 Å². The third-order valence-corrected chi connectivity index (χ3v) is 5.73.